The number of hydrogen-bond donors (Lipinski definition) is 1. The van der Waals surface area contributed by atoms with Gasteiger partial charge in [-0.1, -0.05) is 0 Å². The summed E-state index contributed by atoms with van der Waals surface area (Å²) >= 11 is -0.231. The number of para-hydroxylation sites is 1. The van der Waals surface area contributed by atoms with E-state index in [0.717, 1.165) is 30.1 Å². The van der Waals surface area contributed by atoms with Crippen LogP contribution in [0.25, 0.3) is 0 Å². The summed E-state index contributed by atoms with van der Waals surface area (Å²) < 4.78 is 8.67. The monoisotopic (exact) mass is 620 g/mol. The zero-order valence-corrected chi connectivity index (χ0v) is 25.7. The van der Waals surface area contributed by atoms with Gasteiger partial charge in [0.2, 0.25) is 0 Å². The zero-order valence-electron chi connectivity index (χ0n) is 23.2. The first-order valence-electron chi connectivity index (χ1n) is 12.9. The van der Waals surface area contributed by atoms with E-state index in [9.17, 15) is 4.79 Å². The van der Waals surface area contributed by atoms with Crippen LogP contribution in [-0.4, -0.2) is 34.5 Å². The van der Waals surface area contributed by atoms with E-state index in [1.807, 2.05) is 12.1 Å². The average Bonchev–Trinajstić information content (AvgIpc) is 3.20. The van der Waals surface area contributed by atoms with Crippen molar-refractivity contribution >= 4 is 40.0 Å². The Bertz CT molecular complexity index is 1310. The number of hydrogen-bond acceptors (Lipinski definition) is 4. The van der Waals surface area contributed by atoms with Crippen molar-refractivity contribution in [2.45, 2.75) is 59.3 Å². The van der Waals surface area contributed by atoms with Crippen molar-refractivity contribution in [2.24, 2.45) is 0 Å². The summed E-state index contributed by atoms with van der Waals surface area (Å²) in [7, 11) is 0. The molecule has 3 aromatic rings. The van der Waals surface area contributed by atoms with E-state index in [4.69, 9.17) is 4.74 Å². The van der Waals surface area contributed by atoms with Crippen molar-refractivity contribution < 1.29 is 26.2 Å². The van der Waals surface area contributed by atoms with Crippen LogP contribution in [-0.2, 0) is 21.5 Å². The second-order valence-corrected chi connectivity index (χ2v) is 12.4. The molecule has 203 valence electrons. The molecule has 0 spiro atoms. The Kier molecular flexibility index (Phi) is 8.35. The molecule has 1 N–H and O–H groups in total. The van der Waals surface area contributed by atoms with Gasteiger partial charge in [0.05, 0.1) is 0 Å². The maximum atomic E-state index is 12.2. The molecule has 0 aromatic heterocycles. The fourth-order valence-electron chi connectivity index (χ4n) is 5.85. The predicted molar refractivity (Wildman–Crippen MR) is 157 cm³/mol. The molecule has 1 saturated heterocycles. The van der Waals surface area contributed by atoms with Crippen molar-refractivity contribution in [1.29, 1.82) is 0 Å². The van der Waals surface area contributed by atoms with Crippen molar-refractivity contribution in [3.05, 3.63) is 81.4 Å². The molecule has 1 fully saturated rings. The number of benzene rings is 3. The number of anilines is 3. The average molecular weight is 620 g/mol. The molecule has 3 aromatic carbocycles. The molecule has 2 aliphatic rings. The van der Waals surface area contributed by atoms with Gasteiger partial charge in [0.15, 0.2) is 0 Å². The topological polar surface area (TPSA) is 44.8 Å². The zero-order chi connectivity index (χ0) is 26.4. The van der Waals surface area contributed by atoms with Gasteiger partial charge in [-0.25, -0.2) is 0 Å². The Labute approximate surface area is 240 Å². The van der Waals surface area contributed by atoms with Gasteiger partial charge in [-0.3, -0.25) is 0 Å². The van der Waals surface area contributed by atoms with Crippen molar-refractivity contribution in [3.63, 3.8) is 0 Å². The molecule has 7 heteroatoms. The molecule has 5 rings (SSSR count). The number of ether oxygens (including phenoxy) is 1. The quantitative estimate of drug-likeness (QED) is 0.352. The van der Waals surface area contributed by atoms with Gasteiger partial charge in [-0.15, -0.1) is 12.4 Å². The minimum atomic E-state index is -0.493. The summed E-state index contributed by atoms with van der Waals surface area (Å²) in [6.45, 7) is 17.1. The Morgan fingerprint density at radius 1 is 0.868 bits per heavy atom. The van der Waals surface area contributed by atoms with E-state index in [1.54, 1.807) is 6.92 Å². The normalized spacial score (nSPS) is 17.6. The summed E-state index contributed by atoms with van der Waals surface area (Å²) in [5, 5.41) is 2.99. The van der Waals surface area contributed by atoms with Gasteiger partial charge < -0.3 is 0 Å². The molecule has 1 unspecified atom stereocenters. The van der Waals surface area contributed by atoms with Crippen LogP contribution in [0.3, 0.4) is 0 Å². The standard InChI is InChI=1S/C21H27N2.C10H9NO2.ClH.Ru/c1-14-9-16(3)20(17(4)10-14)22-7-8-23(13-22)21-18(5)11-15(2)12-19(21)6;1-6-4-3-5-8-9(6)13-7(2)10(12)11-8;;/h9-13H,7-8H2,1-6H3;1,3-5,7H,2H3,(H,11,12);1H;. The minimum absolute atomic E-state index is 0. The maximum absolute atomic E-state index is 12.2. The molecule has 0 radical (unpaired) electrons. The molecule has 1 amide bonds. The summed E-state index contributed by atoms with van der Waals surface area (Å²) in [4.78, 5) is 17.4. The number of carbonyl (C=O) groups is 1. The molecular weight excluding hydrogens is 583 g/mol. The number of nitrogens with zero attached hydrogens (tertiary/aromatic N) is 2. The Balaban J connectivity index is 0.00000336. The second kappa shape index (κ2) is 11.2. The van der Waals surface area contributed by atoms with Crippen LogP contribution < -0.4 is 19.9 Å². The molecule has 5 nitrogen and oxygen atoms in total. The Hall–Kier alpha value is -2.69. The summed E-state index contributed by atoms with van der Waals surface area (Å²) in [5.41, 5.74) is 12.5. The van der Waals surface area contributed by atoms with E-state index in [0.29, 0.717) is 0 Å². The van der Waals surface area contributed by atoms with Crippen molar-refractivity contribution in [3.8, 4) is 5.75 Å². The van der Waals surface area contributed by atoms with E-state index < -0.39 is 6.10 Å². The number of halogens is 1. The molecule has 2 aliphatic heterocycles. The smallest absolute Gasteiger partial charge is 0.147 e. The Morgan fingerprint density at radius 3 is 1.87 bits per heavy atom. The molecule has 38 heavy (non-hydrogen) atoms. The summed E-state index contributed by atoms with van der Waals surface area (Å²) in [6, 6.07) is 15.2. The summed E-state index contributed by atoms with van der Waals surface area (Å²) in [6.07, 6.45) is -0.493. The van der Waals surface area contributed by atoms with Crippen molar-refractivity contribution in [1.82, 2.24) is 0 Å². The number of aryl methyl sites for hydroxylation is 6. The molecule has 0 bridgehead atoms. The van der Waals surface area contributed by atoms with Gasteiger partial charge in [0.25, 0.3) is 0 Å². The molecule has 1 atom stereocenters. The largest absolute Gasteiger partial charge is 0.147 e. The van der Waals surface area contributed by atoms with Crippen LogP contribution in [0.15, 0.2) is 42.5 Å². The third-order valence-corrected chi connectivity index (χ3v) is 9.60. The van der Waals surface area contributed by atoms with E-state index in [1.165, 1.54) is 44.8 Å². The first kappa shape index (κ1) is 28.3. The fourth-order valence-corrected chi connectivity index (χ4v) is 8.33. The number of carbonyl (C=O) groups excluding carboxylic acids is 1. The number of nitrogens with one attached hydrogen (secondary N) is 1. The van der Waals surface area contributed by atoms with Gasteiger partial charge in [0, 0.05) is 0 Å². The maximum Gasteiger partial charge on any atom is -0.147 e. The number of fused-ring (bicyclic) bond motifs is 1. The Morgan fingerprint density at radius 2 is 1.37 bits per heavy atom. The van der Waals surface area contributed by atoms with Crippen LogP contribution in [0.5, 0.6) is 5.75 Å². The van der Waals surface area contributed by atoms with Gasteiger partial charge in [-0.05, 0) is 0 Å². The molecular formula is C31H37ClN3O2Ru. The van der Waals surface area contributed by atoms with Gasteiger partial charge >= 0.3 is 228 Å². The fraction of sp³-hybridized carbons (Fsp3) is 0.355. The van der Waals surface area contributed by atoms with Crippen LogP contribution in [0.4, 0.5) is 17.1 Å². The third kappa shape index (κ3) is 5.26. The summed E-state index contributed by atoms with van der Waals surface area (Å²) in [5.74, 6) is 0.687. The van der Waals surface area contributed by atoms with Gasteiger partial charge in [-0.2, -0.15) is 0 Å². The second-order valence-electron chi connectivity index (χ2n) is 10.4. The van der Waals surface area contributed by atoms with Crippen LogP contribution >= 0.6 is 12.4 Å². The van der Waals surface area contributed by atoms with Crippen molar-refractivity contribution in [2.75, 3.05) is 28.2 Å². The predicted octanol–water partition coefficient (Wildman–Crippen LogP) is 6.22. The third-order valence-electron chi connectivity index (χ3n) is 7.17. The van der Waals surface area contributed by atoms with Gasteiger partial charge in [0.1, 0.15) is 0 Å². The SMILES string of the molecule is Cc1cc(C)c(N2CCN(c3c(C)cc(C)cc3C)[CH]2/[Ru]=[CH]/c2cccc3c2OC(C)C(=O)N3)c(C)c1.Cl. The van der Waals surface area contributed by atoms with E-state index in [-0.39, 0.29) is 39.7 Å². The van der Waals surface area contributed by atoms with E-state index >= 15 is 0 Å². The number of rotatable bonds is 4. The molecule has 2 heterocycles. The van der Waals surface area contributed by atoms with Crippen LogP contribution in [0, 0.1) is 41.5 Å². The molecule has 0 aliphatic carbocycles. The van der Waals surface area contributed by atoms with E-state index in [2.05, 4.69) is 91.6 Å². The molecule has 0 saturated carbocycles. The minimum Gasteiger partial charge on any atom is -0.147 e. The van der Waals surface area contributed by atoms with Crippen LogP contribution in [0.2, 0.25) is 0 Å². The number of amides is 1. The first-order chi connectivity index (χ1) is 17.6. The first-order valence-corrected chi connectivity index (χ1v) is 14.9. The van der Waals surface area contributed by atoms with Crippen LogP contribution in [0.1, 0.15) is 45.9 Å².